The van der Waals surface area contributed by atoms with Gasteiger partial charge >= 0.3 is 0 Å². The van der Waals surface area contributed by atoms with Gasteiger partial charge in [-0.05, 0) is 64.4 Å². The Morgan fingerprint density at radius 3 is 2.48 bits per heavy atom. The summed E-state index contributed by atoms with van der Waals surface area (Å²) < 4.78 is 11.3. The summed E-state index contributed by atoms with van der Waals surface area (Å²) in [5, 5.41) is 6.73. The van der Waals surface area contributed by atoms with E-state index in [1.165, 1.54) is 58.2 Å². The Kier molecular flexibility index (Phi) is 13.9. The van der Waals surface area contributed by atoms with Crippen LogP contribution in [0.1, 0.15) is 45.4 Å². The summed E-state index contributed by atoms with van der Waals surface area (Å²) in [6.07, 6.45) is 7.88. The first-order valence-electron chi connectivity index (χ1n) is 10.7. The molecule has 0 saturated carbocycles. The van der Waals surface area contributed by atoms with Crippen molar-refractivity contribution in [2.45, 2.75) is 51.6 Å². The molecule has 0 radical (unpaired) electrons. The molecule has 1 aromatic rings. The smallest absolute Gasteiger partial charge is 0.191 e. The molecule has 1 aliphatic rings. The first-order chi connectivity index (χ1) is 13.7. The molecule has 7 heteroatoms. The summed E-state index contributed by atoms with van der Waals surface area (Å²) in [5.74, 6) is 2.34. The van der Waals surface area contributed by atoms with E-state index in [4.69, 9.17) is 9.47 Å². The van der Waals surface area contributed by atoms with E-state index in [1.54, 1.807) is 14.2 Å². The van der Waals surface area contributed by atoms with Gasteiger partial charge < -0.3 is 25.0 Å². The molecule has 0 bridgehead atoms. The number of nitrogens with one attached hydrogen (secondary N) is 2. The first-order valence-corrected chi connectivity index (χ1v) is 10.7. The van der Waals surface area contributed by atoms with E-state index in [-0.39, 0.29) is 30.1 Å². The SMILES string of the molecule is CN=C(NCCCCCN1CCCCC1)NCC(C)Oc1ccccc1OC.I. The van der Waals surface area contributed by atoms with Gasteiger partial charge in [-0.3, -0.25) is 4.99 Å². The molecule has 0 aliphatic carbocycles. The fraction of sp³-hybridized carbons (Fsp3) is 0.682. The molecule has 1 heterocycles. The van der Waals surface area contributed by atoms with E-state index in [9.17, 15) is 0 Å². The summed E-state index contributed by atoms with van der Waals surface area (Å²) in [7, 11) is 3.46. The summed E-state index contributed by atoms with van der Waals surface area (Å²) in [4.78, 5) is 6.91. The molecule has 166 valence electrons. The lowest BCUT2D eigenvalue weighted by Crippen LogP contribution is -2.42. The third-order valence-electron chi connectivity index (χ3n) is 5.07. The highest BCUT2D eigenvalue weighted by Gasteiger charge is 2.10. The zero-order valence-corrected chi connectivity index (χ0v) is 20.6. The van der Waals surface area contributed by atoms with Gasteiger partial charge in [0, 0.05) is 13.6 Å². The standard InChI is InChI=1S/C22H38N4O2.HI/c1-19(28-21-13-7-6-12-20(21)27-3)18-25-22(23-2)24-14-8-4-9-15-26-16-10-5-11-17-26;/h6-7,12-13,19H,4-5,8-11,14-18H2,1-3H3,(H2,23,24,25);1H. The van der Waals surface area contributed by atoms with Gasteiger partial charge in [0.2, 0.25) is 0 Å². The molecule has 6 nitrogen and oxygen atoms in total. The summed E-state index contributed by atoms with van der Waals surface area (Å²) in [5.41, 5.74) is 0. The average Bonchev–Trinajstić information content (AvgIpc) is 2.73. The van der Waals surface area contributed by atoms with Crippen LogP contribution in [0.25, 0.3) is 0 Å². The number of likely N-dealkylation sites (tertiary alicyclic amines) is 1. The third kappa shape index (κ3) is 10.4. The highest BCUT2D eigenvalue weighted by molar-refractivity contribution is 14.0. The van der Waals surface area contributed by atoms with Crippen LogP contribution >= 0.6 is 24.0 Å². The van der Waals surface area contributed by atoms with E-state index >= 15 is 0 Å². The number of ether oxygens (including phenoxy) is 2. The molecular formula is C22H39IN4O2. The van der Waals surface area contributed by atoms with Crippen LogP contribution in [0.5, 0.6) is 11.5 Å². The van der Waals surface area contributed by atoms with Crippen LogP contribution in [0, 0.1) is 0 Å². The molecule has 0 amide bonds. The van der Waals surface area contributed by atoms with Gasteiger partial charge in [0.25, 0.3) is 0 Å². The molecule has 1 fully saturated rings. The van der Waals surface area contributed by atoms with E-state index < -0.39 is 0 Å². The van der Waals surface area contributed by atoms with Crippen molar-refractivity contribution in [1.82, 2.24) is 15.5 Å². The number of guanidine groups is 1. The fourth-order valence-electron chi connectivity index (χ4n) is 3.46. The lowest BCUT2D eigenvalue weighted by atomic mass is 10.1. The molecule has 2 rings (SSSR count). The number of halogens is 1. The van der Waals surface area contributed by atoms with Crippen molar-refractivity contribution in [3.8, 4) is 11.5 Å². The number of para-hydroxylation sites is 2. The number of nitrogens with zero attached hydrogens (tertiary/aromatic N) is 2. The van der Waals surface area contributed by atoms with Crippen molar-refractivity contribution in [1.29, 1.82) is 0 Å². The van der Waals surface area contributed by atoms with Crippen molar-refractivity contribution < 1.29 is 9.47 Å². The highest BCUT2D eigenvalue weighted by atomic mass is 127. The molecule has 29 heavy (non-hydrogen) atoms. The molecule has 1 saturated heterocycles. The largest absolute Gasteiger partial charge is 0.493 e. The van der Waals surface area contributed by atoms with Crippen molar-refractivity contribution in [2.24, 2.45) is 4.99 Å². The molecule has 1 unspecified atom stereocenters. The van der Waals surface area contributed by atoms with Crippen molar-refractivity contribution >= 4 is 29.9 Å². The zero-order chi connectivity index (χ0) is 20.0. The Morgan fingerprint density at radius 2 is 1.79 bits per heavy atom. The lowest BCUT2D eigenvalue weighted by Gasteiger charge is -2.26. The number of rotatable bonds is 11. The van der Waals surface area contributed by atoms with E-state index in [2.05, 4.69) is 20.5 Å². The molecule has 0 aromatic heterocycles. The van der Waals surface area contributed by atoms with Gasteiger partial charge in [-0.15, -0.1) is 24.0 Å². The Labute approximate surface area is 193 Å². The van der Waals surface area contributed by atoms with Crippen LogP contribution in [-0.4, -0.2) is 63.8 Å². The summed E-state index contributed by atoms with van der Waals surface area (Å²) in [6, 6.07) is 7.71. The van der Waals surface area contributed by atoms with Crippen LogP contribution < -0.4 is 20.1 Å². The Balaban J connectivity index is 0.00000420. The van der Waals surface area contributed by atoms with E-state index in [1.807, 2.05) is 31.2 Å². The van der Waals surface area contributed by atoms with Gasteiger partial charge in [-0.2, -0.15) is 0 Å². The maximum atomic E-state index is 5.97. The van der Waals surface area contributed by atoms with Gasteiger partial charge in [-0.25, -0.2) is 0 Å². The topological polar surface area (TPSA) is 58.1 Å². The quantitative estimate of drug-likeness (QED) is 0.202. The van der Waals surface area contributed by atoms with Gasteiger partial charge in [0.05, 0.1) is 13.7 Å². The zero-order valence-electron chi connectivity index (χ0n) is 18.3. The van der Waals surface area contributed by atoms with Crippen LogP contribution in [0.15, 0.2) is 29.3 Å². The van der Waals surface area contributed by atoms with Crippen molar-refractivity contribution in [3.63, 3.8) is 0 Å². The Morgan fingerprint density at radius 1 is 1.07 bits per heavy atom. The van der Waals surface area contributed by atoms with Crippen LogP contribution in [0.2, 0.25) is 0 Å². The normalized spacial score (nSPS) is 15.9. The predicted molar refractivity (Wildman–Crippen MR) is 132 cm³/mol. The number of hydrogen-bond acceptors (Lipinski definition) is 4. The molecule has 2 N–H and O–H groups in total. The fourth-order valence-corrected chi connectivity index (χ4v) is 3.46. The Hall–Kier alpha value is -1.22. The van der Waals surface area contributed by atoms with Crippen molar-refractivity contribution in [2.75, 3.05) is 46.9 Å². The number of aliphatic imine (C=N–C) groups is 1. The predicted octanol–water partition coefficient (Wildman–Crippen LogP) is 3.90. The molecular weight excluding hydrogens is 479 g/mol. The van der Waals surface area contributed by atoms with Crippen LogP contribution in [0.4, 0.5) is 0 Å². The maximum Gasteiger partial charge on any atom is 0.191 e. The third-order valence-corrected chi connectivity index (χ3v) is 5.07. The lowest BCUT2D eigenvalue weighted by molar-refractivity contribution is 0.213. The first kappa shape index (κ1) is 25.8. The van der Waals surface area contributed by atoms with Crippen molar-refractivity contribution in [3.05, 3.63) is 24.3 Å². The van der Waals surface area contributed by atoms with E-state index in [0.29, 0.717) is 6.54 Å². The molecule has 1 atom stereocenters. The molecule has 1 aliphatic heterocycles. The van der Waals surface area contributed by atoms with Crippen LogP contribution in [0.3, 0.4) is 0 Å². The minimum atomic E-state index is -0.000562. The maximum absolute atomic E-state index is 5.97. The number of methoxy groups -OCH3 is 1. The second kappa shape index (κ2) is 15.6. The second-order valence-electron chi connectivity index (χ2n) is 7.42. The monoisotopic (exact) mass is 518 g/mol. The summed E-state index contributed by atoms with van der Waals surface area (Å²) >= 11 is 0. The van der Waals surface area contributed by atoms with Gasteiger partial charge in [0.1, 0.15) is 6.10 Å². The number of hydrogen-bond donors (Lipinski definition) is 2. The minimum absolute atomic E-state index is 0. The average molecular weight is 518 g/mol. The second-order valence-corrected chi connectivity index (χ2v) is 7.42. The minimum Gasteiger partial charge on any atom is -0.493 e. The van der Waals surface area contributed by atoms with Crippen LogP contribution in [-0.2, 0) is 0 Å². The van der Waals surface area contributed by atoms with Gasteiger partial charge in [-0.1, -0.05) is 25.0 Å². The number of piperidine rings is 1. The Bertz CT molecular complexity index is 580. The summed E-state index contributed by atoms with van der Waals surface area (Å²) in [6.45, 7) is 7.50. The number of benzene rings is 1. The number of unbranched alkanes of at least 4 members (excludes halogenated alkanes) is 2. The molecule has 0 spiro atoms. The van der Waals surface area contributed by atoms with Gasteiger partial charge in [0.15, 0.2) is 17.5 Å². The highest BCUT2D eigenvalue weighted by Crippen LogP contribution is 2.26. The van der Waals surface area contributed by atoms with E-state index in [0.717, 1.165) is 24.0 Å². The molecule has 1 aromatic carbocycles.